The molecule has 0 saturated heterocycles. The van der Waals surface area contributed by atoms with E-state index in [1.807, 2.05) is 38.1 Å². The quantitative estimate of drug-likeness (QED) is 0.389. The highest BCUT2D eigenvalue weighted by Crippen LogP contribution is 2.22. The van der Waals surface area contributed by atoms with Crippen molar-refractivity contribution in [3.8, 4) is 0 Å². The van der Waals surface area contributed by atoms with Gasteiger partial charge in [-0.25, -0.2) is 4.98 Å². The number of imidazole rings is 1. The normalized spacial score (nSPS) is 12.0. The van der Waals surface area contributed by atoms with Crippen molar-refractivity contribution in [3.63, 3.8) is 0 Å². The van der Waals surface area contributed by atoms with Crippen molar-refractivity contribution >= 4 is 28.5 Å². The molecule has 0 aliphatic rings. The van der Waals surface area contributed by atoms with Gasteiger partial charge in [-0.3, -0.25) is 19.7 Å². The molecule has 0 saturated carbocycles. The zero-order valence-electron chi connectivity index (χ0n) is 16.7. The summed E-state index contributed by atoms with van der Waals surface area (Å²) in [6.07, 6.45) is 0.0994. The number of nitro benzene ring substituents is 1. The molecule has 156 valence electrons. The summed E-state index contributed by atoms with van der Waals surface area (Å²) in [6, 6.07) is 12.7. The fourth-order valence-corrected chi connectivity index (χ4v) is 3.04. The predicted molar refractivity (Wildman–Crippen MR) is 112 cm³/mol. The molecule has 0 spiro atoms. The lowest BCUT2D eigenvalue weighted by Gasteiger charge is -2.20. The molecule has 0 aliphatic carbocycles. The lowest BCUT2D eigenvalue weighted by molar-refractivity contribution is -0.384. The van der Waals surface area contributed by atoms with Gasteiger partial charge in [0.05, 0.1) is 22.0 Å². The van der Waals surface area contributed by atoms with Gasteiger partial charge in [-0.15, -0.1) is 0 Å². The van der Waals surface area contributed by atoms with Crippen LogP contribution in [0.15, 0.2) is 48.5 Å². The second-order valence-corrected chi connectivity index (χ2v) is 7.24. The Kier molecular flexibility index (Phi) is 6.41. The van der Waals surface area contributed by atoms with Gasteiger partial charge in [0.15, 0.2) is 0 Å². The van der Waals surface area contributed by atoms with Crippen LogP contribution < -0.4 is 10.6 Å². The third-order valence-corrected chi connectivity index (χ3v) is 4.66. The first kappa shape index (κ1) is 21.0. The number of aromatic amines is 1. The van der Waals surface area contributed by atoms with Crippen LogP contribution in [0.2, 0.25) is 0 Å². The van der Waals surface area contributed by atoms with E-state index in [1.165, 1.54) is 24.3 Å². The summed E-state index contributed by atoms with van der Waals surface area (Å²) in [5.41, 5.74) is 1.95. The maximum atomic E-state index is 12.4. The minimum Gasteiger partial charge on any atom is -0.352 e. The molecule has 2 aromatic carbocycles. The van der Waals surface area contributed by atoms with Crippen LogP contribution in [0.5, 0.6) is 0 Å². The Morgan fingerprint density at radius 1 is 1.13 bits per heavy atom. The summed E-state index contributed by atoms with van der Waals surface area (Å²) in [5.74, 6) is 0.201. The van der Waals surface area contributed by atoms with E-state index >= 15 is 0 Å². The zero-order valence-corrected chi connectivity index (χ0v) is 16.7. The Hall–Kier alpha value is -3.75. The van der Waals surface area contributed by atoms with Crippen molar-refractivity contribution in [1.29, 1.82) is 0 Å². The van der Waals surface area contributed by atoms with E-state index in [0.29, 0.717) is 11.4 Å². The molecule has 2 amide bonds. The van der Waals surface area contributed by atoms with Crippen LogP contribution in [0.25, 0.3) is 11.0 Å². The van der Waals surface area contributed by atoms with E-state index < -0.39 is 10.8 Å². The first-order chi connectivity index (χ1) is 14.3. The Morgan fingerprint density at radius 2 is 1.83 bits per heavy atom. The largest absolute Gasteiger partial charge is 0.352 e. The highest BCUT2D eigenvalue weighted by atomic mass is 16.6. The average Bonchev–Trinajstić information content (AvgIpc) is 3.15. The van der Waals surface area contributed by atoms with Crippen molar-refractivity contribution in [2.24, 2.45) is 5.92 Å². The molecule has 1 aromatic heterocycles. The molecular formula is C21H23N5O4. The third-order valence-electron chi connectivity index (χ3n) is 4.66. The number of hydrogen-bond acceptors (Lipinski definition) is 5. The van der Waals surface area contributed by atoms with E-state index in [2.05, 4.69) is 20.6 Å². The molecule has 1 atom stereocenters. The number of amides is 2. The summed E-state index contributed by atoms with van der Waals surface area (Å²) in [6.45, 7) is 4.13. The number of para-hydroxylation sites is 2. The van der Waals surface area contributed by atoms with Crippen LogP contribution >= 0.6 is 0 Å². The zero-order chi connectivity index (χ0) is 21.7. The molecule has 3 aromatic rings. The molecule has 0 aliphatic heterocycles. The van der Waals surface area contributed by atoms with Crippen LogP contribution in [0.1, 0.15) is 42.5 Å². The molecule has 0 unspecified atom stereocenters. The molecule has 9 nitrogen and oxygen atoms in total. The fraction of sp³-hybridized carbons (Fsp3) is 0.286. The highest BCUT2D eigenvalue weighted by Gasteiger charge is 2.21. The monoisotopic (exact) mass is 409 g/mol. The standard InChI is InChI=1S/C21H23N5O4/c1-13(2)19(20-23-16-5-3-4-6-17(16)24-20)25-18(27)11-12-22-21(28)14-7-9-15(10-8-14)26(29)30/h3-10,13,19H,11-12H2,1-2H3,(H,22,28)(H,23,24)(H,25,27)/t19-/m1/s1. The summed E-state index contributed by atoms with van der Waals surface area (Å²) < 4.78 is 0. The number of aromatic nitrogens is 2. The van der Waals surface area contributed by atoms with Crippen molar-refractivity contribution in [2.45, 2.75) is 26.3 Å². The van der Waals surface area contributed by atoms with Gasteiger partial charge in [-0.1, -0.05) is 26.0 Å². The summed E-state index contributed by atoms with van der Waals surface area (Å²) >= 11 is 0. The Labute approximate surface area is 173 Å². The first-order valence-electron chi connectivity index (χ1n) is 9.62. The first-order valence-corrected chi connectivity index (χ1v) is 9.62. The van der Waals surface area contributed by atoms with E-state index in [-0.39, 0.29) is 36.5 Å². The van der Waals surface area contributed by atoms with Gasteiger partial charge in [-0.05, 0) is 30.2 Å². The number of hydrogen-bond donors (Lipinski definition) is 3. The molecule has 3 rings (SSSR count). The Bertz CT molecular complexity index is 1030. The van der Waals surface area contributed by atoms with E-state index in [0.717, 1.165) is 11.0 Å². The smallest absolute Gasteiger partial charge is 0.269 e. The highest BCUT2D eigenvalue weighted by molar-refractivity contribution is 5.94. The van der Waals surface area contributed by atoms with Crippen LogP contribution in [0.3, 0.4) is 0 Å². The number of nitrogens with zero attached hydrogens (tertiary/aromatic N) is 2. The lowest BCUT2D eigenvalue weighted by atomic mass is 10.0. The Balaban J connectivity index is 1.54. The van der Waals surface area contributed by atoms with Gasteiger partial charge in [0.25, 0.3) is 11.6 Å². The molecule has 30 heavy (non-hydrogen) atoms. The maximum Gasteiger partial charge on any atom is 0.269 e. The summed E-state index contributed by atoms with van der Waals surface area (Å²) in [7, 11) is 0. The maximum absolute atomic E-state index is 12.4. The van der Waals surface area contributed by atoms with E-state index in [9.17, 15) is 19.7 Å². The number of fused-ring (bicyclic) bond motifs is 1. The van der Waals surface area contributed by atoms with Crippen LogP contribution in [0, 0.1) is 16.0 Å². The molecule has 1 heterocycles. The van der Waals surface area contributed by atoms with E-state index in [4.69, 9.17) is 0 Å². The predicted octanol–water partition coefficient (Wildman–Crippen LogP) is 3.10. The lowest BCUT2D eigenvalue weighted by Crippen LogP contribution is -2.35. The van der Waals surface area contributed by atoms with Gasteiger partial charge < -0.3 is 15.6 Å². The minimum atomic E-state index is -0.529. The number of rotatable bonds is 8. The third kappa shape index (κ3) is 4.99. The van der Waals surface area contributed by atoms with Crippen LogP contribution in [0.4, 0.5) is 5.69 Å². The fourth-order valence-electron chi connectivity index (χ4n) is 3.04. The van der Waals surface area contributed by atoms with Gasteiger partial charge in [0, 0.05) is 30.7 Å². The number of carbonyl (C=O) groups excluding carboxylic acids is 2. The molecule has 0 bridgehead atoms. The van der Waals surface area contributed by atoms with Crippen molar-refractivity contribution in [3.05, 3.63) is 70.0 Å². The number of non-ortho nitro benzene ring substituents is 1. The van der Waals surface area contributed by atoms with E-state index in [1.54, 1.807) is 0 Å². The molecular weight excluding hydrogens is 386 g/mol. The second-order valence-electron chi connectivity index (χ2n) is 7.24. The molecule has 0 fully saturated rings. The number of H-pyrrole nitrogens is 1. The second kappa shape index (κ2) is 9.17. The average molecular weight is 409 g/mol. The number of benzene rings is 2. The minimum absolute atomic E-state index is 0.0868. The molecule has 0 radical (unpaired) electrons. The van der Waals surface area contributed by atoms with Gasteiger partial charge >= 0.3 is 0 Å². The Morgan fingerprint density at radius 3 is 2.47 bits per heavy atom. The van der Waals surface area contributed by atoms with Gasteiger partial charge in [0.2, 0.25) is 5.91 Å². The van der Waals surface area contributed by atoms with Crippen molar-refractivity contribution in [2.75, 3.05) is 6.54 Å². The van der Waals surface area contributed by atoms with Crippen LogP contribution in [-0.2, 0) is 4.79 Å². The van der Waals surface area contributed by atoms with Crippen molar-refractivity contribution < 1.29 is 14.5 Å². The molecule has 3 N–H and O–H groups in total. The summed E-state index contributed by atoms with van der Waals surface area (Å²) in [5, 5.41) is 16.3. The number of carbonyl (C=O) groups is 2. The van der Waals surface area contributed by atoms with Crippen LogP contribution in [-0.4, -0.2) is 33.3 Å². The SMILES string of the molecule is CC(C)[C@@H](NC(=O)CCNC(=O)c1ccc([N+](=O)[O-])cc1)c1nc2ccccc2[nH]1. The van der Waals surface area contributed by atoms with Gasteiger partial charge in [0.1, 0.15) is 5.82 Å². The van der Waals surface area contributed by atoms with Crippen molar-refractivity contribution in [1.82, 2.24) is 20.6 Å². The summed E-state index contributed by atoms with van der Waals surface area (Å²) in [4.78, 5) is 42.5. The number of nitro groups is 1. The number of nitrogens with one attached hydrogen (secondary N) is 3. The van der Waals surface area contributed by atoms with Gasteiger partial charge in [-0.2, -0.15) is 0 Å². The molecule has 9 heteroatoms. The topological polar surface area (TPSA) is 130 Å².